The van der Waals surface area contributed by atoms with Crippen LogP contribution in [0.15, 0.2) is 33.2 Å². The lowest BCUT2D eigenvalue weighted by atomic mass is 9.76. The molecule has 5 nitrogen and oxygen atoms in total. The highest BCUT2D eigenvalue weighted by molar-refractivity contribution is 7.99. The van der Waals surface area contributed by atoms with Crippen LogP contribution >= 0.6 is 23.4 Å². The Kier molecular flexibility index (Phi) is 5.21. The van der Waals surface area contributed by atoms with Crippen LogP contribution < -0.4 is 10.5 Å². The van der Waals surface area contributed by atoms with Gasteiger partial charge < -0.3 is 9.88 Å². The molecule has 0 radical (unpaired) electrons. The van der Waals surface area contributed by atoms with Gasteiger partial charge >= 0.3 is 0 Å². The molecule has 2 fully saturated rings. The fraction of sp³-hybridized carbons (Fsp3) is 0.550. The molecular weight excluding hydrogens is 380 g/mol. The van der Waals surface area contributed by atoms with E-state index in [4.69, 9.17) is 11.6 Å². The Morgan fingerprint density at radius 2 is 2.07 bits per heavy atom. The number of aryl methyl sites for hydroxylation is 1. The second-order valence-electron chi connectivity index (χ2n) is 8.05. The van der Waals surface area contributed by atoms with Gasteiger partial charge in [0.1, 0.15) is 0 Å². The van der Waals surface area contributed by atoms with Gasteiger partial charge in [-0.2, -0.15) is 0 Å². The molecule has 7 heteroatoms. The van der Waals surface area contributed by atoms with E-state index in [2.05, 4.69) is 26.8 Å². The number of aromatic nitrogens is 3. The smallest absolute Gasteiger partial charge is 0.291 e. The number of anilines is 1. The van der Waals surface area contributed by atoms with Crippen LogP contribution in [-0.4, -0.2) is 28.0 Å². The quantitative estimate of drug-likeness (QED) is 0.804. The normalized spacial score (nSPS) is 21.7. The number of pyridine rings is 1. The third kappa shape index (κ3) is 3.87. The van der Waals surface area contributed by atoms with Crippen molar-refractivity contribution in [1.82, 2.24) is 15.0 Å². The van der Waals surface area contributed by atoms with Gasteiger partial charge in [-0.3, -0.25) is 9.78 Å². The van der Waals surface area contributed by atoms with Gasteiger partial charge in [0.25, 0.3) is 5.56 Å². The average Bonchev–Trinajstić information content (AvgIpc) is 3.01. The van der Waals surface area contributed by atoms with Crippen molar-refractivity contribution in [2.75, 3.05) is 18.0 Å². The zero-order chi connectivity index (χ0) is 19.0. The summed E-state index contributed by atoms with van der Waals surface area (Å²) in [7, 11) is 0. The van der Waals surface area contributed by atoms with Crippen molar-refractivity contribution in [2.45, 2.75) is 55.9 Å². The largest absolute Gasteiger partial charge is 0.352 e. The van der Waals surface area contributed by atoms with Gasteiger partial charge in [0, 0.05) is 24.2 Å². The molecule has 1 saturated heterocycles. The lowest BCUT2D eigenvalue weighted by Crippen LogP contribution is -2.41. The first-order valence-electron chi connectivity index (χ1n) is 9.59. The molecule has 2 aromatic heterocycles. The third-order valence-corrected chi connectivity index (χ3v) is 7.64. The molecule has 4 rings (SSSR count). The maximum Gasteiger partial charge on any atom is 0.291 e. The minimum Gasteiger partial charge on any atom is -0.352 e. The molecule has 2 aromatic rings. The van der Waals surface area contributed by atoms with Crippen LogP contribution in [0.5, 0.6) is 0 Å². The molecule has 0 bridgehead atoms. The molecule has 2 aliphatic rings. The first kappa shape index (κ1) is 18.8. The number of H-pyrrole nitrogens is 1. The molecule has 1 aliphatic heterocycles. The fourth-order valence-electron chi connectivity index (χ4n) is 4.52. The predicted molar refractivity (Wildman–Crippen MR) is 110 cm³/mol. The van der Waals surface area contributed by atoms with Gasteiger partial charge in [0.2, 0.25) is 0 Å². The highest BCUT2D eigenvalue weighted by atomic mass is 35.5. The molecule has 0 aromatic carbocycles. The van der Waals surface area contributed by atoms with Gasteiger partial charge in [-0.05, 0) is 50.0 Å². The Labute approximate surface area is 168 Å². The lowest BCUT2D eigenvalue weighted by Gasteiger charge is -2.39. The van der Waals surface area contributed by atoms with Gasteiger partial charge in [0.15, 0.2) is 5.82 Å². The number of halogens is 1. The first-order chi connectivity index (χ1) is 13.0. The topological polar surface area (TPSA) is 61.9 Å². The zero-order valence-electron chi connectivity index (χ0n) is 15.8. The number of rotatable bonds is 3. The van der Waals surface area contributed by atoms with Gasteiger partial charge in [-0.1, -0.05) is 36.7 Å². The van der Waals surface area contributed by atoms with Crippen molar-refractivity contribution in [1.29, 1.82) is 0 Å². The lowest BCUT2D eigenvalue weighted by molar-refractivity contribution is 0.218. The van der Waals surface area contributed by atoms with Crippen molar-refractivity contribution < 1.29 is 0 Å². The van der Waals surface area contributed by atoms with Crippen molar-refractivity contribution in [3.63, 3.8) is 0 Å². The van der Waals surface area contributed by atoms with Gasteiger partial charge in [0.05, 0.1) is 21.9 Å². The minimum absolute atomic E-state index is 0.127. The standard InChI is InChI=1S/C20H25ClN4OS/c1-13-3-5-20(11-13)6-9-25(10-7-20)18-19(26)24-16(12-23-18)27-15-4-8-22-14(2)17(15)21/h4,8,12-13H,3,5-7,9-11H2,1-2H3,(H,24,26)/t13-/m0/s1. The summed E-state index contributed by atoms with van der Waals surface area (Å²) in [5.41, 5.74) is 1.16. The number of nitrogens with zero attached hydrogens (tertiary/aromatic N) is 3. The van der Waals surface area contributed by atoms with E-state index in [0.29, 0.717) is 21.3 Å². The SMILES string of the molecule is Cc1nccc(Sc2cnc(N3CCC4(CC[C@H](C)C4)CC3)c(=O)[nH]2)c1Cl. The van der Waals surface area contributed by atoms with Gasteiger partial charge in [-0.15, -0.1) is 0 Å². The van der Waals surface area contributed by atoms with Crippen molar-refractivity contribution in [3.05, 3.63) is 39.5 Å². The highest BCUT2D eigenvalue weighted by Gasteiger charge is 2.40. The zero-order valence-corrected chi connectivity index (χ0v) is 17.4. The van der Waals surface area contributed by atoms with E-state index in [-0.39, 0.29) is 5.56 Å². The molecule has 1 saturated carbocycles. The number of hydrogen-bond donors (Lipinski definition) is 1. The van der Waals surface area contributed by atoms with E-state index < -0.39 is 0 Å². The molecular formula is C20H25ClN4OS. The molecule has 3 heterocycles. The van der Waals surface area contributed by atoms with Crippen LogP contribution in [-0.2, 0) is 0 Å². The summed E-state index contributed by atoms with van der Waals surface area (Å²) < 4.78 is 0. The average molecular weight is 405 g/mol. The molecule has 1 aliphatic carbocycles. The predicted octanol–water partition coefficient (Wildman–Crippen LogP) is 4.68. The molecule has 1 spiro atoms. The van der Waals surface area contributed by atoms with Crippen LogP contribution in [0.3, 0.4) is 0 Å². The highest BCUT2D eigenvalue weighted by Crippen LogP contribution is 2.48. The second-order valence-corrected chi connectivity index (χ2v) is 9.51. The minimum atomic E-state index is -0.127. The maximum absolute atomic E-state index is 12.6. The summed E-state index contributed by atoms with van der Waals surface area (Å²) in [4.78, 5) is 27.2. The molecule has 27 heavy (non-hydrogen) atoms. The van der Waals surface area contributed by atoms with E-state index in [0.717, 1.165) is 29.6 Å². The molecule has 1 N–H and O–H groups in total. The Morgan fingerprint density at radius 3 is 2.74 bits per heavy atom. The van der Waals surface area contributed by atoms with Crippen molar-refractivity contribution in [3.8, 4) is 0 Å². The summed E-state index contributed by atoms with van der Waals surface area (Å²) in [5, 5.41) is 1.30. The maximum atomic E-state index is 12.6. The number of nitrogens with one attached hydrogen (secondary N) is 1. The van der Waals surface area contributed by atoms with Crippen LogP contribution in [0, 0.1) is 18.3 Å². The van der Waals surface area contributed by atoms with E-state index in [9.17, 15) is 4.79 Å². The monoisotopic (exact) mass is 404 g/mol. The van der Waals surface area contributed by atoms with Crippen LogP contribution in [0.1, 0.15) is 44.7 Å². The van der Waals surface area contributed by atoms with E-state index >= 15 is 0 Å². The fourth-order valence-corrected chi connectivity index (χ4v) is 5.60. The van der Waals surface area contributed by atoms with E-state index in [1.54, 1.807) is 12.4 Å². The van der Waals surface area contributed by atoms with Crippen molar-refractivity contribution >= 4 is 29.2 Å². The number of piperidine rings is 1. The summed E-state index contributed by atoms with van der Waals surface area (Å²) in [6, 6.07) is 1.85. The first-order valence-corrected chi connectivity index (χ1v) is 10.8. The second kappa shape index (κ2) is 7.47. The molecule has 1 atom stereocenters. The van der Waals surface area contributed by atoms with Crippen LogP contribution in [0.25, 0.3) is 0 Å². The summed E-state index contributed by atoms with van der Waals surface area (Å²) in [5.74, 6) is 1.38. The summed E-state index contributed by atoms with van der Waals surface area (Å²) in [6.07, 6.45) is 9.82. The summed E-state index contributed by atoms with van der Waals surface area (Å²) in [6.45, 7) is 6.07. The molecule has 0 unspecified atom stereocenters. The van der Waals surface area contributed by atoms with Crippen LogP contribution in [0.4, 0.5) is 5.82 Å². The number of aromatic amines is 1. The number of hydrogen-bond acceptors (Lipinski definition) is 5. The van der Waals surface area contributed by atoms with E-state index in [1.165, 1.54) is 43.9 Å². The molecule has 0 amide bonds. The molecule has 144 valence electrons. The Morgan fingerprint density at radius 1 is 1.30 bits per heavy atom. The Balaban J connectivity index is 1.46. The summed E-state index contributed by atoms with van der Waals surface area (Å²) >= 11 is 7.71. The van der Waals surface area contributed by atoms with E-state index in [1.807, 2.05) is 13.0 Å². The Bertz CT molecular complexity index is 892. The van der Waals surface area contributed by atoms with Crippen LogP contribution in [0.2, 0.25) is 5.02 Å². The van der Waals surface area contributed by atoms with Crippen molar-refractivity contribution in [2.24, 2.45) is 11.3 Å². The Hall–Kier alpha value is -1.53. The third-order valence-electron chi connectivity index (χ3n) is 6.06. The van der Waals surface area contributed by atoms with Gasteiger partial charge in [-0.25, -0.2) is 4.98 Å².